The summed E-state index contributed by atoms with van der Waals surface area (Å²) in [7, 11) is -0.875. The lowest BCUT2D eigenvalue weighted by atomic mass is 9.84. The molecule has 0 aromatic heterocycles. The van der Waals surface area contributed by atoms with Crippen LogP contribution in [-0.4, -0.2) is 9.96 Å². The molecule has 2 rings (SSSR count). The van der Waals surface area contributed by atoms with Crippen molar-refractivity contribution in [2.24, 2.45) is 5.41 Å². The molecule has 128 valence electrons. The third kappa shape index (κ3) is 6.25. The third-order valence-electron chi connectivity index (χ3n) is 4.98. The minimum absolute atomic E-state index is 0.185. The minimum Gasteiger partial charge on any atom is -0.254 e. The Kier molecular flexibility index (Phi) is 8.08. The summed E-state index contributed by atoms with van der Waals surface area (Å²) in [5, 5.41) is 0. The van der Waals surface area contributed by atoms with Gasteiger partial charge in [0.25, 0.3) is 0 Å². The summed E-state index contributed by atoms with van der Waals surface area (Å²) >= 11 is 0. The van der Waals surface area contributed by atoms with Gasteiger partial charge in [-0.3, -0.25) is 4.21 Å². The van der Waals surface area contributed by atoms with Crippen molar-refractivity contribution >= 4 is 10.8 Å². The molecule has 0 saturated heterocycles. The molecule has 1 aliphatic rings. The number of unbranched alkanes of at least 4 members (excludes halogenated alkanes) is 6. The van der Waals surface area contributed by atoms with Crippen molar-refractivity contribution in [2.45, 2.75) is 76.0 Å². The predicted octanol–water partition coefficient (Wildman–Crippen LogP) is 6.27. The zero-order valence-electron chi connectivity index (χ0n) is 14.6. The maximum absolute atomic E-state index is 12.7. The first-order chi connectivity index (χ1) is 11.3. The van der Waals surface area contributed by atoms with Gasteiger partial charge in [-0.25, -0.2) is 0 Å². The van der Waals surface area contributed by atoms with Crippen molar-refractivity contribution in [2.75, 3.05) is 5.75 Å². The van der Waals surface area contributed by atoms with Crippen LogP contribution in [0.1, 0.15) is 71.1 Å². The van der Waals surface area contributed by atoms with E-state index in [2.05, 4.69) is 19.1 Å². The highest BCUT2D eigenvalue weighted by molar-refractivity contribution is 7.85. The Morgan fingerprint density at radius 3 is 2.35 bits per heavy atom. The largest absolute Gasteiger partial charge is 0.254 e. The molecule has 1 aliphatic carbocycles. The molecule has 0 aliphatic heterocycles. The number of benzene rings is 1. The van der Waals surface area contributed by atoms with E-state index >= 15 is 0 Å². The second kappa shape index (κ2) is 10.1. The highest BCUT2D eigenvalue weighted by Crippen LogP contribution is 2.39. The van der Waals surface area contributed by atoms with E-state index in [-0.39, 0.29) is 5.41 Å². The fraction of sp³-hybridized carbons (Fsp3) is 0.619. The Morgan fingerprint density at radius 2 is 1.70 bits per heavy atom. The van der Waals surface area contributed by atoms with E-state index < -0.39 is 10.8 Å². The monoisotopic (exact) mass is 332 g/mol. The van der Waals surface area contributed by atoms with Crippen molar-refractivity contribution in [3.05, 3.63) is 42.5 Å². The molecular formula is C21H32OS. The number of rotatable bonds is 11. The summed E-state index contributed by atoms with van der Waals surface area (Å²) in [6, 6.07) is 9.96. The first-order valence-electron chi connectivity index (χ1n) is 9.37. The van der Waals surface area contributed by atoms with Crippen LogP contribution >= 0.6 is 0 Å². The van der Waals surface area contributed by atoms with E-state index in [1.165, 1.54) is 57.8 Å². The van der Waals surface area contributed by atoms with E-state index in [1.54, 1.807) is 0 Å². The van der Waals surface area contributed by atoms with Gasteiger partial charge in [0.15, 0.2) is 0 Å². The molecule has 2 atom stereocenters. The van der Waals surface area contributed by atoms with Gasteiger partial charge < -0.3 is 0 Å². The van der Waals surface area contributed by atoms with Gasteiger partial charge in [0.2, 0.25) is 0 Å². The second-order valence-corrected chi connectivity index (χ2v) is 8.43. The Labute approximate surface area is 145 Å². The predicted molar refractivity (Wildman–Crippen MR) is 101 cm³/mol. The topological polar surface area (TPSA) is 17.1 Å². The van der Waals surface area contributed by atoms with E-state index in [0.717, 1.165) is 17.1 Å². The highest BCUT2D eigenvalue weighted by Gasteiger charge is 2.31. The highest BCUT2D eigenvalue weighted by atomic mass is 32.2. The quantitative estimate of drug-likeness (QED) is 0.345. The van der Waals surface area contributed by atoms with Crippen LogP contribution in [-0.2, 0) is 10.8 Å². The lowest BCUT2D eigenvalue weighted by Gasteiger charge is -2.27. The summed E-state index contributed by atoms with van der Waals surface area (Å²) in [5.74, 6) is 0.795. The van der Waals surface area contributed by atoms with E-state index in [9.17, 15) is 4.21 Å². The molecule has 0 spiro atoms. The van der Waals surface area contributed by atoms with Crippen molar-refractivity contribution < 1.29 is 4.21 Å². The minimum atomic E-state index is -0.875. The van der Waals surface area contributed by atoms with Crippen LogP contribution in [0.15, 0.2) is 47.4 Å². The standard InChI is InChI=1S/C21H32OS/c1-2-3-4-5-6-7-11-16-21(17-12-13-18-21)19-23(22)20-14-9-8-10-15-20/h8-10,12,14-15,17H,2-7,11,13,16,18-19H2,1H3/t21-,23?/m0/s1. The summed E-state index contributed by atoms with van der Waals surface area (Å²) in [5.41, 5.74) is 0.185. The molecule has 23 heavy (non-hydrogen) atoms. The zero-order valence-corrected chi connectivity index (χ0v) is 15.5. The SMILES string of the molecule is CCCCCCCCC[C@]1(CS(=O)c2ccccc2)C=CCC1. The van der Waals surface area contributed by atoms with Crippen molar-refractivity contribution in [3.63, 3.8) is 0 Å². The van der Waals surface area contributed by atoms with E-state index in [0.29, 0.717) is 0 Å². The van der Waals surface area contributed by atoms with Gasteiger partial charge in [0.05, 0.1) is 10.8 Å². The molecule has 0 radical (unpaired) electrons. The molecule has 0 heterocycles. The average molecular weight is 333 g/mol. The third-order valence-corrected chi connectivity index (χ3v) is 6.62. The summed E-state index contributed by atoms with van der Waals surface area (Å²) in [6.07, 6.45) is 17.6. The van der Waals surface area contributed by atoms with Gasteiger partial charge in [0, 0.05) is 16.1 Å². The van der Waals surface area contributed by atoms with Gasteiger partial charge in [-0.05, 0) is 31.4 Å². The van der Waals surface area contributed by atoms with E-state index in [1.807, 2.05) is 30.3 Å². The van der Waals surface area contributed by atoms with Crippen LogP contribution in [0, 0.1) is 5.41 Å². The molecule has 0 N–H and O–H groups in total. The maximum atomic E-state index is 12.7. The Balaban J connectivity index is 1.78. The fourth-order valence-corrected chi connectivity index (χ4v) is 5.07. The average Bonchev–Trinajstić information content (AvgIpc) is 3.03. The van der Waals surface area contributed by atoms with Gasteiger partial charge in [-0.2, -0.15) is 0 Å². The molecule has 0 fully saturated rings. The molecule has 1 unspecified atom stereocenters. The maximum Gasteiger partial charge on any atom is 0.0538 e. The molecule has 1 aromatic carbocycles. The van der Waals surface area contributed by atoms with Crippen LogP contribution in [0.3, 0.4) is 0 Å². The zero-order chi connectivity index (χ0) is 16.4. The Bertz CT molecular complexity index is 494. The molecular weight excluding hydrogens is 300 g/mol. The molecule has 0 amide bonds. The summed E-state index contributed by atoms with van der Waals surface area (Å²) < 4.78 is 12.7. The fourth-order valence-electron chi connectivity index (χ4n) is 3.54. The first-order valence-corrected chi connectivity index (χ1v) is 10.7. The number of hydrogen-bond acceptors (Lipinski definition) is 1. The molecule has 0 bridgehead atoms. The molecule has 2 heteroatoms. The summed E-state index contributed by atoms with van der Waals surface area (Å²) in [4.78, 5) is 0.978. The van der Waals surface area contributed by atoms with Crippen LogP contribution in [0.4, 0.5) is 0 Å². The lowest BCUT2D eigenvalue weighted by Crippen LogP contribution is -2.23. The Hall–Kier alpha value is -0.890. The molecule has 1 aromatic rings. The van der Waals surface area contributed by atoms with Crippen molar-refractivity contribution in [1.29, 1.82) is 0 Å². The van der Waals surface area contributed by atoms with Crippen LogP contribution < -0.4 is 0 Å². The van der Waals surface area contributed by atoms with Crippen LogP contribution in [0.25, 0.3) is 0 Å². The van der Waals surface area contributed by atoms with E-state index in [4.69, 9.17) is 0 Å². The summed E-state index contributed by atoms with van der Waals surface area (Å²) in [6.45, 7) is 2.27. The Morgan fingerprint density at radius 1 is 1.00 bits per heavy atom. The lowest BCUT2D eigenvalue weighted by molar-refractivity contribution is 0.368. The van der Waals surface area contributed by atoms with Gasteiger partial charge >= 0.3 is 0 Å². The van der Waals surface area contributed by atoms with Gasteiger partial charge in [0.1, 0.15) is 0 Å². The molecule has 0 saturated carbocycles. The first kappa shape index (κ1) is 18.4. The van der Waals surface area contributed by atoms with Crippen molar-refractivity contribution in [1.82, 2.24) is 0 Å². The number of allylic oxidation sites excluding steroid dienone is 2. The number of hydrogen-bond donors (Lipinski definition) is 0. The van der Waals surface area contributed by atoms with Crippen molar-refractivity contribution in [3.8, 4) is 0 Å². The van der Waals surface area contributed by atoms with Gasteiger partial charge in [-0.15, -0.1) is 0 Å². The smallest absolute Gasteiger partial charge is 0.0538 e. The normalized spacial score (nSPS) is 21.6. The second-order valence-electron chi connectivity index (χ2n) is 6.98. The molecule has 1 nitrogen and oxygen atoms in total. The van der Waals surface area contributed by atoms with Crippen LogP contribution in [0.5, 0.6) is 0 Å². The van der Waals surface area contributed by atoms with Crippen LogP contribution in [0.2, 0.25) is 0 Å². The van der Waals surface area contributed by atoms with Gasteiger partial charge in [-0.1, -0.05) is 82.2 Å².